The van der Waals surface area contributed by atoms with E-state index in [-0.39, 0.29) is 6.10 Å². The van der Waals surface area contributed by atoms with Crippen molar-refractivity contribution in [2.24, 2.45) is 5.92 Å². The van der Waals surface area contributed by atoms with Crippen molar-refractivity contribution in [3.63, 3.8) is 0 Å². The monoisotopic (exact) mass is 247 g/mol. The second-order valence-electron chi connectivity index (χ2n) is 5.61. The Morgan fingerprint density at radius 1 is 1.22 bits per heavy atom. The highest BCUT2D eigenvalue weighted by Crippen LogP contribution is 2.34. The predicted molar refractivity (Wildman–Crippen MR) is 76.0 cm³/mol. The fourth-order valence-corrected chi connectivity index (χ4v) is 2.53. The van der Waals surface area contributed by atoms with Gasteiger partial charge < -0.3 is 10.1 Å². The first-order valence-electron chi connectivity index (χ1n) is 7.13. The predicted octanol–water partition coefficient (Wildman–Crippen LogP) is 3.92. The van der Waals surface area contributed by atoms with Crippen molar-refractivity contribution in [2.45, 2.75) is 51.7 Å². The normalized spacial score (nSPS) is 17.6. The molecule has 1 atom stereocenters. The first-order valence-corrected chi connectivity index (χ1v) is 7.13. The van der Waals surface area contributed by atoms with E-state index in [0.29, 0.717) is 6.04 Å². The fourth-order valence-electron chi connectivity index (χ4n) is 2.53. The Morgan fingerprint density at radius 2 is 1.89 bits per heavy atom. The highest BCUT2D eigenvalue weighted by atomic mass is 16.5. The van der Waals surface area contributed by atoms with Crippen LogP contribution < -0.4 is 10.1 Å². The van der Waals surface area contributed by atoms with Crippen molar-refractivity contribution >= 4 is 0 Å². The van der Waals surface area contributed by atoms with Crippen LogP contribution in [0.2, 0.25) is 0 Å². The van der Waals surface area contributed by atoms with Gasteiger partial charge in [0.05, 0.1) is 6.10 Å². The van der Waals surface area contributed by atoms with Gasteiger partial charge in [0.1, 0.15) is 5.75 Å². The van der Waals surface area contributed by atoms with Crippen molar-refractivity contribution in [1.29, 1.82) is 0 Å². The number of benzene rings is 1. The molecule has 1 aromatic carbocycles. The minimum absolute atomic E-state index is 0.242. The number of hydrogen-bond donors (Lipinski definition) is 1. The molecule has 2 rings (SSSR count). The van der Waals surface area contributed by atoms with Crippen LogP contribution in [0, 0.1) is 5.92 Å². The molecule has 18 heavy (non-hydrogen) atoms. The Labute approximate surface area is 111 Å². The van der Waals surface area contributed by atoms with Crippen molar-refractivity contribution in [1.82, 2.24) is 5.32 Å². The summed E-state index contributed by atoms with van der Waals surface area (Å²) < 4.78 is 5.68. The van der Waals surface area contributed by atoms with E-state index in [2.05, 4.69) is 50.5 Å². The van der Waals surface area contributed by atoms with E-state index in [9.17, 15) is 0 Å². The summed E-state index contributed by atoms with van der Waals surface area (Å²) in [4.78, 5) is 0. The topological polar surface area (TPSA) is 21.3 Å². The molecule has 1 unspecified atom stereocenters. The maximum Gasteiger partial charge on any atom is 0.119 e. The van der Waals surface area contributed by atoms with Crippen LogP contribution in [0.15, 0.2) is 24.3 Å². The molecular weight excluding hydrogens is 222 g/mol. The van der Waals surface area contributed by atoms with Gasteiger partial charge in [-0.15, -0.1) is 0 Å². The average Bonchev–Trinajstić information content (AvgIpc) is 2.29. The van der Waals surface area contributed by atoms with E-state index >= 15 is 0 Å². The molecule has 1 fully saturated rings. The zero-order chi connectivity index (χ0) is 13.0. The van der Waals surface area contributed by atoms with Crippen LogP contribution in [0.1, 0.15) is 51.1 Å². The maximum atomic E-state index is 5.68. The Balaban J connectivity index is 1.97. The molecule has 0 spiro atoms. The smallest absolute Gasteiger partial charge is 0.119 e. The largest absolute Gasteiger partial charge is 0.491 e. The van der Waals surface area contributed by atoms with E-state index in [4.69, 9.17) is 4.74 Å². The van der Waals surface area contributed by atoms with Crippen LogP contribution >= 0.6 is 0 Å². The van der Waals surface area contributed by atoms with E-state index < -0.39 is 0 Å². The highest BCUT2D eigenvalue weighted by molar-refractivity contribution is 5.29. The number of ether oxygens (including phenoxy) is 1. The molecule has 100 valence electrons. The molecule has 1 saturated carbocycles. The third-order valence-corrected chi connectivity index (χ3v) is 3.80. The third kappa shape index (κ3) is 3.49. The molecule has 1 aliphatic carbocycles. The molecule has 1 aliphatic rings. The first kappa shape index (κ1) is 13.4. The summed E-state index contributed by atoms with van der Waals surface area (Å²) in [6.45, 7) is 4.11. The highest BCUT2D eigenvalue weighted by Gasteiger charge is 2.22. The summed E-state index contributed by atoms with van der Waals surface area (Å²) in [7, 11) is 2.06. The van der Waals surface area contributed by atoms with Crippen LogP contribution in [0.4, 0.5) is 0 Å². The van der Waals surface area contributed by atoms with Gasteiger partial charge in [0, 0.05) is 6.04 Å². The quantitative estimate of drug-likeness (QED) is 0.822. The standard InChI is InChI=1S/C16H25NO/c1-12(2)18-15-9-7-14(8-10-15)16(17-3)11-13-5-4-6-13/h7-10,12-13,16-17H,4-6,11H2,1-3H3. The second-order valence-corrected chi connectivity index (χ2v) is 5.61. The minimum atomic E-state index is 0.242. The number of rotatable bonds is 6. The zero-order valence-corrected chi connectivity index (χ0v) is 11.8. The second kappa shape index (κ2) is 6.24. The van der Waals surface area contributed by atoms with Gasteiger partial charge in [0.2, 0.25) is 0 Å². The lowest BCUT2D eigenvalue weighted by Gasteiger charge is -2.29. The third-order valence-electron chi connectivity index (χ3n) is 3.80. The molecule has 1 N–H and O–H groups in total. The Morgan fingerprint density at radius 3 is 2.33 bits per heavy atom. The Bertz CT molecular complexity index is 354. The van der Waals surface area contributed by atoms with Gasteiger partial charge in [-0.05, 0) is 50.9 Å². The summed E-state index contributed by atoms with van der Waals surface area (Å²) in [5, 5.41) is 3.44. The molecule has 2 nitrogen and oxygen atoms in total. The van der Waals surface area contributed by atoms with Crippen molar-refractivity contribution in [3.05, 3.63) is 29.8 Å². The van der Waals surface area contributed by atoms with E-state index in [0.717, 1.165) is 11.7 Å². The molecule has 2 heteroatoms. The first-order chi connectivity index (χ1) is 8.69. The zero-order valence-electron chi connectivity index (χ0n) is 11.8. The van der Waals surface area contributed by atoms with Gasteiger partial charge >= 0.3 is 0 Å². The van der Waals surface area contributed by atoms with Crippen molar-refractivity contribution in [3.8, 4) is 5.75 Å². The van der Waals surface area contributed by atoms with Gasteiger partial charge in [0.15, 0.2) is 0 Å². The number of hydrogen-bond acceptors (Lipinski definition) is 2. The van der Waals surface area contributed by atoms with Gasteiger partial charge in [-0.25, -0.2) is 0 Å². The molecule has 0 bridgehead atoms. The summed E-state index contributed by atoms with van der Waals surface area (Å²) >= 11 is 0. The minimum Gasteiger partial charge on any atom is -0.491 e. The summed E-state index contributed by atoms with van der Waals surface area (Å²) in [5.41, 5.74) is 1.38. The molecule has 1 aromatic rings. The van der Waals surface area contributed by atoms with Crippen LogP contribution in [0.25, 0.3) is 0 Å². The summed E-state index contributed by atoms with van der Waals surface area (Å²) in [6, 6.07) is 9.04. The van der Waals surface area contributed by atoms with Crippen molar-refractivity contribution < 1.29 is 4.74 Å². The van der Waals surface area contributed by atoms with Gasteiger partial charge in [-0.1, -0.05) is 31.4 Å². The molecule has 0 saturated heterocycles. The van der Waals surface area contributed by atoms with E-state index in [1.165, 1.54) is 31.2 Å². The summed E-state index contributed by atoms with van der Waals surface area (Å²) in [5.74, 6) is 1.89. The van der Waals surface area contributed by atoms with E-state index in [1.54, 1.807) is 0 Å². The van der Waals surface area contributed by atoms with Crippen LogP contribution in [-0.2, 0) is 0 Å². The molecule has 0 amide bonds. The molecule has 0 radical (unpaired) electrons. The lowest BCUT2D eigenvalue weighted by Crippen LogP contribution is -2.23. The Kier molecular flexibility index (Phi) is 4.65. The SMILES string of the molecule is CNC(CC1CCC1)c1ccc(OC(C)C)cc1. The lowest BCUT2D eigenvalue weighted by molar-refractivity contribution is 0.242. The van der Waals surface area contributed by atoms with Crippen molar-refractivity contribution in [2.75, 3.05) is 7.05 Å². The molecule has 0 aliphatic heterocycles. The number of nitrogens with one attached hydrogen (secondary N) is 1. The lowest BCUT2D eigenvalue weighted by atomic mass is 9.79. The fraction of sp³-hybridized carbons (Fsp3) is 0.625. The molecular formula is C16H25NO. The van der Waals surface area contributed by atoms with Crippen LogP contribution in [0.3, 0.4) is 0 Å². The summed E-state index contributed by atoms with van der Waals surface area (Å²) in [6.07, 6.45) is 5.74. The van der Waals surface area contributed by atoms with E-state index in [1.807, 2.05) is 0 Å². The maximum absolute atomic E-state index is 5.68. The van der Waals surface area contributed by atoms with Gasteiger partial charge in [-0.2, -0.15) is 0 Å². The Hall–Kier alpha value is -1.02. The van der Waals surface area contributed by atoms with Crippen LogP contribution in [-0.4, -0.2) is 13.2 Å². The van der Waals surface area contributed by atoms with Crippen LogP contribution in [0.5, 0.6) is 5.75 Å². The molecule has 0 aromatic heterocycles. The average molecular weight is 247 g/mol. The van der Waals surface area contributed by atoms with Gasteiger partial charge in [0.25, 0.3) is 0 Å². The molecule has 0 heterocycles. The van der Waals surface area contributed by atoms with Gasteiger partial charge in [-0.3, -0.25) is 0 Å².